The number of nitrogens with two attached hydrogens (primary N) is 1. The molecule has 9 heteroatoms. The van der Waals surface area contributed by atoms with E-state index in [1.165, 1.54) is 0 Å². The molecule has 138 valence electrons. The van der Waals surface area contributed by atoms with Crippen LogP contribution in [0.5, 0.6) is 0 Å². The molecule has 6 N–H and O–H groups in total. The van der Waals surface area contributed by atoms with Gasteiger partial charge in [0, 0.05) is 23.5 Å². The largest absolute Gasteiger partial charge is 0.367 e. The number of nitrogens with one attached hydrogen (secondary N) is 4. The van der Waals surface area contributed by atoms with Crippen LogP contribution in [0.3, 0.4) is 0 Å². The predicted octanol–water partition coefficient (Wildman–Crippen LogP) is 0.0330. The smallest absolute Gasteiger partial charge is 0.247 e. The second-order valence-corrected chi connectivity index (χ2v) is 6.95. The first-order valence-corrected chi connectivity index (χ1v) is 8.39. The number of piperidine rings is 1. The first-order valence-electron chi connectivity index (χ1n) is 8.01. The Bertz CT molecular complexity index is 659. The van der Waals surface area contributed by atoms with Crippen LogP contribution in [0.2, 0.25) is 5.02 Å². The van der Waals surface area contributed by atoms with E-state index in [4.69, 9.17) is 17.3 Å². The molecule has 1 aromatic carbocycles. The molecule has 2 aliphatic heterocycles. The summed E-state index contributed by atoms with van der Waals surface area (Å²) in [6.45, 7) is 3.26. The summed E-state index contributed by atoms with van der Waals surface area (Å²) in [5, 5.41) is 6.58. The first kappa shape index (κ1) is 19.9. The number of hydrazine groups is 1. The quantitative estimate of drug-likeness (QED) is 0.500. The van der Waals surface area contributed by atoms with Crippen molar-refractivity contribution in [3.8, 4) is 0 Å². The lowest BCUT2D eigenvalue weighted by Gasteiger charge is -2.32. The van der Waals surface area contributed by atoms with E-state index in [0.717, 1.165) is 19.5 Å². The minimum atomic E-state index is -1.33. The van der Waals surface area contributed by atoms with Crippen LogP contribution >= 0.6 is 24.0 Å². The summed E-state index contributed by atoms with van der Waals surface area (Å²) in [6, 6.07) is 6.60. The molecule has 0 aromatic heterocycles. The molecule has 4 unspecified atom stereocenters. The summed E-state index contributed by atoms with van der Waals surface area (Å²) in [7, 11) is 0. The fraction of sp³-hybridized carbons (Fsp3) is 0.500. The van der Waals surface area contributed by atoms with Gasteiger partial charge in [-0.25, -0.2) is 5.43 Å². The number of hydrogen-bond donors (Lipinski definition) is 5. The SMILES string of the molecule is CC(NC(=O)C1NNC2CCNCC21)(C(N)=O)c1cccc(Cl)c1.Cl. The van der Waals surface area contributed by atoms with Gasteiger partial charge in [0.1, 0.15) is 11.6 Å². The van der Waals surface area contributed by atoms with Gasteiger partial charge in [-0.3, -0.25) is 15.0 Å². The summed E-state index contributed by atoms with van der Waals surface area (Å²) in [5.41, 5.74) is 11.0. The predicted molar refractivity (Wildman–Crippen MR) is 98.2 cm³/mol. The lowest BCUT2D eigenvalue weighted by atomic mass is 9.87. The lowest BCUT2D eigenvalue weighted by molar-refractivity contribution is -0.132. The number of fused-ring (bicyclic) bond motifs is 1. The molecular formula is C16H23Cl2N5O2. The van der Waals surface area contributed by atoms with Crippen molar-refractivity contribution in [2.24, 2.45) is 11.7 Å². The number of amides is 2. The molecule has 2 aliphatic rings. The van der Waals surface area contributed by atoms with Crippen LogP contribution in [-0.2, 0) is 15.1 Å². The minimum absolute atomic E-state index is 0. The lowest BCUT2D eigenvalue weighted by Crippen LogP contribution is -2.58. The molecule has 4 atom stereocenters. The Morgan fingerprint density at radius 3 is 2.80 bits per heavy atom. The number of carbonyl (C=O) groups is 2. The average molecular weight is 388 g/mol. The van der Waals surface area contributed by atoms with Crippen molar-refractivity contribution < 1.29 is 9.59 Å². The highest BCUT2D eigenvalue weighted by Crippen LogP contribution is 2.26. The van der Waals surface area contributed by atoms with Crippen LogP contribution in [0, 0.1) is 5.92 Å². The van der Waals surface area contributed by atoms with Crippen LogP contribution in [0.25, 0.3) is 0 Å². The van der Waals surface area contributed by atoms with E-state index in [2.05, 4.69) is 21.5 Å². The van der Waals surface area contributed by atoms with Gasteiger partial charge in [0.25, 0.3) is 0 Å². The number of rotatable bonds is 4. The molecule has 2 heterocycles. The molecule has 3 rings (SSSR count). The molecule has 0 bridgehead atoms. The number of carbonyl (C=O) groups excluding carboxylic acids is 2. The van der Waals surface area contributed by atoms with E-state index in [1.54, 1.807) is 31.2 Å². The Balaban J connectivity index is 0.00000225. The Morgan fingerprint density at radius 2 is 2.12 bits per heavy atom. The fourth-order valence-corrected chi connectivity index (χ4v) is 3.57. The Morgan fingerprint density at radius 1 is 1.36 bits per heavy atom. The van der Waals surface area contributed by atoms with Crippen molar-refractivity contribution in [2.75, 3.05) is 13.1 Å². The van der Waals surface area contributed by atoms with Gasteiger partial charge in [-0.2, -0.15) is 0 Å². The van der Waals surface area contributed by atoms with Crippen LogP contribution in [0.1, 0.15) is 18.9 Å². The van der Waals surface area contributed by atoms with Crippen LogP contribution in [-0.4, -0.2) is 37.0 Å². The molecule has 0 radical (unpaired) electrons. The van der Waals surface area contributed by atoms with Crippen molar-refractivity contribution in [2.45, 2.75) is 31.0 Å². The van der Waals surface area contributed by atoms with Gasteiger partial charge >= 0.3 is 0 Å². The topological polar surface area (TPSA) is 108 Å². The third-order valence-electron chi connectivity index (χ3n) is 4.93. The van der Waals surface area contributed by atoms with Crippen molar-refractivity contribution in [3.05, 3.63) is 34.9 Å². The maximum atomic E-state index is 12.8. The highest BCUT2D eigenvalue weighted by atomic mass is 35.5. The van der Waals surface area contributed by atoms with E-state index >= 15 is 0 Å². The van der Waals surface area contributed by atoms with E-state index in [1.807, 2.05) is 0 Å². The van der Waals surface area contributed by atoms with E-state index in [9.17, 15) is 9.59 Å². The van der Waals surface area contributed by atoms with Crippen molar-refractivity contribution >= 4 is 35.8 Å². The summed E-state index contributed by atoms with van der Waals surface area (Å²) in [4.78, 5) is 24.9. The van der Waals surface area contributed by atoms with Gasteiger partial charge in [-0.05, 0) is 37.6 Å². The number of primary amides is 1. The zero-order chi connectivity index (χ0) is 17.3. The summed E-state index contributed by atoms with van der Waals surface area (Å²) in [5.74, 6) is -0.780. The van der Waals surface area contributed by atoms with Crippen LogP contribution < -0.4 is 27.2 Å². The zero-order valence-electron chi connectivity index (χ0n) is 13.8. The van der Waals surface area contributed by atoms with Gasteiger partial charge in [-0.1, -0.05) is 23.7 Å². The number of halogens is 2. The maximum absolute atomic E-state index is 12.8. The van der Waals surface area contributed by atoms with Gasteiger partial charge in [0.2, 0.25) is 11.8 Å². The van der Waals surface area contributed by atoms with E-state index < -0.39 is 17.5 Å². The van der Waals surface area contributed by atoms with Crippen LogP contribution in [0.15, 0.2) is 24.3 Å². The van der Waals surface area contributed by atoms with Crippen LogP contribution in [0.4, 0.5) is 0 Å². The van der Waals surface area contributed by atoms with Gasteiger partial charge in [0.05, 0.1) is 0 Å². The summed E-state index contributed by atoms with van der Waals surface area (Å²) < 4.78 is 0. The summed E-state index contributed by atoms with van der Waals surface area (Å²) in [6.07, 6.45) is 0.947. The van der Waals surface area contributed by atoms with E-state index in [0.29, 0.717) is 10.6 Å². The minimum Gasteiger partial charge on any atom is -0.367 e. The monoisotopic (exact) mass is 387 g/mol. The molecule has 1 aromatic rings. The second kappa shape index (κ2) is 7.88. The standard InChI is InChI=1S/C16H22ClN5O2.ClH/c1-16(15(18)24,9-3-2-4-10(17)7-9)20-14(23)13-11-8-19-6-5-12(11)21-22-13;/h2-4,7,11-13,19,21-22H,5-6,8H2,1H3,(H2,18,24)(H,20,23);1H. The fourth-order valence-electron chi connectivity index (χ4n) is 3.38. The summed E-state index contributed by atoms with van der Waals surface area (Å²) >= 11 is 6.01. The normalized spacial score (nSPS) is 27.5. The first-order chi connectivity index (χ1) is 11.4. The van der Waals surface area contributed by atoms with Crippen molar-refractivity contribution in [1.29, 1.82) is 0 Å². The van der Waals surface area contributed by atoms with Crippen molar-refractivity contribution in [3.63, 3.8) is 0 Å². The Labute approximate surface area is 157 Å². The molecular weight excluding hydrogens is 365 g/mol. The average Bonchev–Trinajstić information content (AvgIpc) is 2.98. The van der Waals surface area contributed by atoms with Crippen molar-refractivity contribution in [1.82, 2.24) is 21.5 Å². The van der Waals surface area contributed by atoms with E-state index in [-0.39, 0.29) is 30.3 Å². The third-order valence-corrected chi connectivity index (χ3v) is 5.17. The zero-order valence-corrected chi connectivity index (χ0v) is 15.4. The molecule has 0 saturated carbocycles. The molecule has 2 saturated heterocycles. The molecule has 2 amide bonds. The molecule has 0 spiro atoms. The number of hydrogen-bond acceptors (Lipinski definition) is 5. The molecule has 0 aliphatic carbocycles. The molecule has 25 heavy (non-hydrogen) atoms. The number of benzene rings is 1. The Hall–Kier alpha value is -1.38. The molecule has 7 nitrogen and oxygen atoms in total. The maximum Gasteiger partial charge on any atom is 0.247 e. The van der Waals surface area contributed by atoms with Gasteiger partial charge < -0.3 is 16.4 Å². The highest BCUT2D eigenvalue weighted by molar-refractivity contribution is 6.30. The van der Waals surface area contributed by atoms with Gasteiger partial charge in [0.15, 0.2) is 0 Å². The molecule has 2 fully saturated rings. The third kappa shape index (κ3) is 3.91. The van der Waals surface area contributed by atoms with Gasteiger partial charge in [-0.15, -0.1) is 12.4 Å². The Kier molecular flexibility index (Phi) is 6.29. The highest BCUT2D eigenvalue weighted by Gasteiger charge is 2.44. The second-order valence-electron chi connectivity index (χ2n) is 6.52.